The van der Waals surface area contributed by atoms with Crippen molar-refractivity contribution in [3.05, 3.63) is 15.8 Å². The van der Waals surface area contributed by atoms with Gasteiger partial charge >= 0.3 is 0 Å². The molecule has 0 bridgehead atoms. The summed E-state index contributed by atoms with van der Waals surface area (Å²) in [7, 11) is -3.76. The Kier molecular flexibility index (Phi) is 4.22. The van der Waals surface area contributed by atoms with Crippen molar-refractivity contribution >= 4 is 27.3 Å². The van der Waals surface area contributed by atoms with Crippen molar-refractivity contribution in [2.24, 2.45) is 11.1 Å². The zero-order chi connectivity index (χ0) is 15.1. The third-order valence-corrected chi connectivity index (χ3v) is 6.23. The molecule has 2 unspecified atom stereocenters. The van der Waals surface area contributed by atoms with Crippen molar-refractivity contribution in [1.29, 1.82) is 0 Å². The molecule has 0 aromatic carbocycles. The van der Waals surface area contributed by atoms with E-state index >= 15 is 0 Å². The number of nitrogens with two attached hydrogens (primary N) is 1. The zero-order valence-corrected chi connectivity index (χ0v) is 13.6. The summed E-state index contributed by atoms with van der Waals surface area (Å²) in [5.41, 5.74) is 0. The zero-order valence-electron chi connectivity index (χ0n) is 11.9. The molecule has 7 heteroatoms. The van der Waals surface area contributed by atoms with Crippen LogP contribution < -0.4 is 5.14 Å². The lowest BCUT2D eigenvalue weighted by Crippen LogP contribution is -2.45. The van der Waals surface area contributed by atoms with E-state index in [4.69, 9.17) is 5.14 Å². The summed E-state index contributed by atoms with van der Waals surface area (Å²) in [6.45, 7) is 6.58. The van der Waals surface area contributed by atoms with Gasteiger partial charge in [0.05, 0.1) is 9.77 Å². The maximum atomic E-state index is 12.5. The van der Waals surface area contributed by atoms with Crippen LogP contribution in [0.3, 0.4) is 0 Å². The van der Waals surface area contributed by atoms with Gasteiger partial charge in [0, 0.05) is 17.5 Å². The first kappa shape index (κ1) is 15.5. The van der Waals surface area contributed by atoms with Crippen molar-refractivity contribution in [2.45, 2.75) is 44.6 Å². The monoisotopic (exact) mass is 316 g/mol. The highest BCUT2D eigenvalue weighted by atomic mass is 32.2. The third kappa shape index (κ3) is 2.89. The normalized spacial score (nSPS) is 23.9. The number of primary sulfonamides is 1. The first-order valence-corrected chi connectivity index (χ1v) is 9.02. The number of amides is 1. The molecule has 1 aromatic heterocycles. The van der Waals surface area contributed by atoms with E-state index in [1.807, 2.05) is 11.8 Å². The molecule has 2 rings (SSSR count). The number of carbonyl (C=O) groups excluding carboxylic acids is 1. The highest BCUT2D eigenvalue weighted by molar-refractivity contribution is 7.89. The Morgan fingerprint density at radius 2 is 2.10 bits per heavy atom. The van der Waals surface area contributed by atoms with Gasteiger partial charge in [0.15, 0.2) is 0 Å². The molecule has 0 radical (unpaired) electrons. The Balaban J connectivity index is 2.30. The van der Waals surface area contributed by atoms with Gasteiger partial charge in [-0.25, -0.2) is 13.6 Å². The van der Waals surface area contributed by atoms with Gasteiger partial charge in [-0.2, -0.15) is 0 Å². The highest BCUT2D eigenvalue weighted by Crippen LogP contribution is 2.29. The summed E-state index contributed by atoms with van der Waals surface area (Å²) >= 11 is 1.20. The molecule has 0 aliphatic carbocycles. The van der Waals surface area contributed by atoms with Crippen LogP contribution in [0.5, 0.6) is 0 Å². The van der Waals surface area contributed by atoms with E-state index in [0.29, 0.717) is 15.7 Å². The van der Waals surface area contributed by atoms with Gasteiger partial charge < -0.3 is 4.90 Å². The maximum absolute atomic E-state index is 12.5. The molecule has 1 amide bonds. The summed E-state index contributed by atoms with van der Waals surface area (Å²) in [4.78, 5) is 15.5. The molecule has 2 atom stereocenters. The molecule has 2 N–H and O–H groups in total. The highest BCUT2D eigenvalue weighted by Gasteiger charge is 2.30. The molecular weight excluding hydrogens is 296 g/mol. The predicted octanol–water partition coefficient (Wildman–Crippen LogP) is 1.96. The molecule has 0 saturated carbocycles. The predicted molar refractivity (Wildman–Crippen MR) is 79.3 cm³/mol. The first-order valence-electron chi connectivity index (χ1n) is 6.66. The fourth-order valence-electron chi connectivity index (χ4n) is 2.62. The lowest BCUT2D eigenvalue weighted by atomic mass is 9.92. The number of thiophene rings is 1. The van der Waals surface area contributed by atoms with Crippen LogP contribution >= 0.6 is 11.3 Å². The van der Waals surface area contributed by atoms with Crippen molar-refractivity contribution in [2.75, 3.05) is 6.54 Å². The Labute approximate surface area is 123 Å². The number of rotatable bonds is 2. The number of hydrogen-bond acceptors (Lipinski definition) is 4. The second kappa shape index (κ2) is 5.46. The van der Waals surface area contributed by atoms with Gasteiger partial charge in [-0.3, -0.25) is 4.79 Å². The Bertz CT molecular complexity index is 622. The summed E-state index contributed by atoms with van der Waals surface area (Å²) in [6, 6.07) is 1.58. The summed E-state index contributed by atoms with van der Waals surface area (Å²) in [5, 5.41) is 5.15. The van der Waals surface area contributed by atoms with Gasteiger partial charge in [0.2, 0.25) is 10.0 Å². The molecule has 20 heavy (non-hydrogen) atoms. The molecule has 1 aliphatic rings. The van der Waals surface area contributed by atoms with Crippen LogP contribution in [-0.2, 0) is 10.0 Å². The first-order chi connectivity index (χ1) is 9.21. The van der Waals surface area contributed by atoms with E-state index in [0.717, 1.165) is 19.4 Å². The van der Waals surface area contributed by atoms with Crippen LogP contribution in [0.1, 0.15) is 41.2 Å². The van der Waals surface area contributed by atoms with Crippen LogP contribution in [0.2, 0.25) is 0 Å². The van der Waals surface area contributed by atoms with E-state index < -0.39 is 10.0 Å². The largest absolute Gasteiger partial charge is 0.335 e. The van der Waals surface area contributed by atoms with Crippen molar-refractivity contribution in [1.82, 2.24) is 4.90 Å². The van der Waals surface area contributed by atoms with E-state index in [-0.39, 0.29) is 16.8 Å². The fraction of sp³-hybridized carbons (Fsp3) is 0.615. The SMILES string of the molecule is Cc1sc(C(=O)N2CCCC(C)C2C)cc1S(N)(=O)=O. The van der Waals surface area contributed by atoms with Crippen LogP contribution in [0.15, 0.2) is 11.0 Å². The molecule has 5 nitrogen and oxygen atoms in total. The molecule has 112 valence electrons. The van der Waals surface area contributed by atoms with Gasteiger partial charge in [0.1, 0.15) is 0 Å². The number of nitrogens with zero attached hydrogens (tertiary/aromatic N) is 1. The minimum Gasteiger partial charge on any atom is -0.335 e. The molecular formula is C13H20N2O3S2. The fourth-order valence-corrected chi connectivity index (χ4v) is 4.72. The summed E-state index contributed by atoms with van der Waals surface area (Å²) in [6.07, 6.45) is 2.11. The molecule has 2 heterocycles. The minimum atomic E-state index is -3.76. The second-order valence-corrected chi connectivity index (χ2v) is 8.22. The van der Waals surface area contributed by atoms with Crippen LogP contribution in [0.4, 0.5) is 0 Å². The van der Waals surface area contributed by atoms with Crippen molar-refractivity contribution in [3.63, 3.8) is 0 Å². The van der Waals surface area contributed by atoms with Gasteiger partial charge in [0.25, 0.3) is 5.91 Å². The number of likely N-dealkylation sites (tertiary alicyclic amines) is 1. The van der Waals surface area contributed by atoms with Gasteiger partial charge in [-0.1, -0.05) is 6.92 Å². The molecule has 1 aliphatic heterocycles. The van der Waals surface area contributed by atoms with E-state index in [1.54, 1.807) is 6.92 Å². The molecule has 1 fully saturated rings. The smallest absolute Gasteiger partial charge is 0.264 e. The lowest BCUT2D eigenvalue weighted by Gasteiger charge is -2.37. The number of carbonyl (C=O) groups is 1. The van der Waals surface area contributed by atoms with Gasteiger partial charge in [-0.15, -0.1) is 11.3 Å². The number of hydrogen-bond donors (Lipinski definition) is 1. The number of aryl methyl sites for hydroxylation is 1. The average Bonchev–Trinajstić information content (AvgIpc) is 2.74. The van der Waals surface area contributed by atoms with Crippen LogP contribution in [0, 0.1) is 12.8 Å². The third-order valence-electron chi connectivity index (χ3n) is 4.02. The van der Waals surface area contributed by atoms with Crippen LogP contribution in [0.25, 0.3) is 0 Å². The van der Waals surface area contributed by atoms with E-state index in [1.165, 1.54) is 17.4 Å². The van der Waals surface area contributed by atoms with E-state index in [2.05, 4.69) is 6.92 Å². The molecule has 0 spiro atoms. The van der Waals surface area contributed by atoms with E-state index in [9.17, 15) is 13.2 Å². The topological polar surface area (TPSA) is 80.5 Å². The summed E-state index contributed by atoms with van der Waals surface area (Å²) < 4.78 is 22.9. The lowest BCUT2D eigenvalue weighted by molar-refractivity contribution is 0.0556. The maximum Gasteiger partial charge on any atom is 0.264 e. The Morgan fingerprint density at radius 3 is 2.65 bits per heavy atom. The Morgan fingerprint density at radius 1 is 1.45 bits per heavy atom. The van der Waals surface area contributed by atoms with Crippen LogP contribution in [-0.4, -0.2) is 31.8 Å². The summed E-state index contributed by atoms with van der Waals surface area (Å²) in [5.74, 6) is 0.374. The standard InChI is InChI=1S/C13H20N2O3S2/c1-8-5-4-6-15(9(8)2)13(16)11-7-12(10(3)19-11)20(14,17)18/h7-9H,4-6H2,1-3H3,(H2,14,17,18). The average molecular weight is 316 g/mol. The number of sulfonamides is 1. The molecule has 1 aromatic rings. The quantitative estimate of drug-likeness (QED) is 0.905. The van der Waals surface area contributed by atoms with Gasteiger partial charge in [-0.05, 0) is 38.7 Å². The number of piperidine rings is 1. The minimum absolute atomic E-state index is 0.0589. The molecule has 1 saturated heterocycles. The second-order valence-electron chi connectivity index (χ2n) is 5.43. The van der Waals surface area contributed by atoms with Crippen molar-refractivity contribution < 1.29 is 13.2 Å². The van der Waals surface area contributed by atoms with Crippen molar-refractivity contribution in [3.8, 4) is 0 Å². The Hall–Kier alpha value is -0.920.